The first kappa shape index (κ1) is 33.6. The van der Waals surface area contributed by atoms with Crippen LogP contribution in [0.25, 0.3) is 10.8 Å². The van der Waals surface area contributed by atoms with E-state index in [1.807, 2.05) is 36.4 Å². The highest BCUT2D eigenvalue weighted by molar-refractivity contribution is 8.76. The number of carbonyl (C=O) groups excluding carboxylic acids is 3. The highest BCUT2D eigenvalue weighted by Gasteiger charge is 2.16. The topological polar surface area (TPSA) is 100 Å². The average Bonchev–Trinajstić information content (AvgIpc) is 2.95. The van der Waals surface area contributed by atoms with Gasteiger partial charge in [0.25, 0.3) is 0 Å². The number of nitrogens with one attached hydrogen (secondary N) is 1. The molecule has 0 fully saturated rings. The number of benzene rings is 2. The van der Waals surface area contributed by atoms with Crippen LogP contribution in [0.1, 0.15) is 57.9 Å². The van der Waals surface area contributed by atoms with E-state index in [0.717, 1.165) is 47.8 Å². The quantitative estimate of drug-likeness (QED) is 0.0789. The maximum absolute atomic E-state index is 12.2. The fraction of sp³-hybridized carbons (Fsp3) is 0.567. The van der Waals surface area contributed by atoms with E-state index in [4.69, 9.17) is 18.9 Å². The van der Waals surface area contributed by atoms with Crippen molar-refractivity contribution >= 4 is 50.4 Å². The molecule has 1 amide bonds. The molecule has 0 saturated carbocycles. The normalized spacial score (nSPS) is 11.6. The Morgan fingerprint density at radius 1 is 0.850 bits per heavy atom. The third-order valence-electron chi connectivity index (χ3n) is 6.13. The second-order valence-electron chi connectivity index (χ2n) is 9.33. The van der Waals surface area contributed by atoms with Gasteiger partial charge in [-0.2, -0.15) is 0 Å². The van der Waals surface area contributed by atoms with Crippen molar-refractivity contribution in [1.29, 1.82) is 0 Å². The number of ether oxygens (including phenoxy) is 4. The molecule has 0 radical (unpaired) electrons. The first-order valence-electron chi connectivity index (χ1n) is 14.0. The molecule has 2 aromatic carbocycles. The molecule has 222 valence electrons. The van der Waals surface area contributed by atoms with Crippen molar-refractivity contribution in [2.45, 2.75) is 58.8 Å². The third-order valence-corrected chi connectivity index (χ3v) is 8.47. The molecule has 1 unspecified atom stereocenters. The van der Waals surface area contributed by atoms with Crippen LogP contribution in [0.4, 0.5) is 4.79 Å². The predicted octanol–water partition coefficient (Wildman–Crippen LogP) is 6.58. The van der Waals surface area contributed by atoms with Crippen LogP contribution >= 0.6 is 21.6 Å². The molecule has 40 heavy (non-hydrogen) atoms. The van der Waals surface area contributed by atoms with E-state index in [1.165, 1.54) is 6.42 Å². The van der Waals surface area contributed by atoms with Crippen molar-refractivity contribution in [3.05, 3.63) is 42.0 Å². The van der Waals surface area contributed by atoms with Crippen molar-refractivity contribution in [2.75, 3.05) is 45.0 Å². The maximum Gasteiger partial charge on any atom is 0.407 e. The molecule has 0 aliphatic heterocycles. The summed E-state index contributed by atoms with van der Waals surface area (Å²) in [5, 5.41) is 4.89. The molecule has 0 aliphatic rings. The van der Waals surface area contributed by atoms with E-state index in [-0.39, 0.29) is 30.9 Å². The van der Waals surface area contributed by atoms with Gasteiger partial charge in [-0.05, 0) is 47.7 Å². The van der Waals surface area contributed by atoms with Crippen molar-refractivity contribution in [3.63, 3.8) is 0 Å². The van der Waals surface area contributed by atoms with Crippen molar-refractivity contribution in [2.24, 2.45) is 5.92 Å². The largest absolute Gasteiger partial charge is 0.497 e. The molecule has 8 nitrogen and oxygen atoms in total. The number of esters is 2. The van der Waals surface area contributed by atoms with E-state index >= 15 is 0 Å². The van der Waals surface area contributed by atoms with Gasteiger partial charge in [0.15, 0.2) is 0 Å². The summed E-state index contributed by atoms with van der Waals surface area (Å²) >= 11 is 0. The molecule has 2 aromatic rings. The number of carbonyl (C=O) groups is 3. The molecule has 2 rings (SSSR count). The Morgan fingerprint density at radius 2 is 1.57 bits per heavy atom. The van der Waals surface area contributed by atoms with Crippen LogP contribution in [0.2, 0.25) is 0 Å². The van der Waals surface area contributed by atoms with Crippen LogP contribution in [-0.2, 0) is 30.2 Å². The Kier molecular flexibility index (Phi) is 17.1. The molecule has 1 N–H and O–H groups in total. The zero-order chi connectivity index (χ0) is 29.0. The SMILES string of the molecule is CCCCCCC(CNC(=O)OCCSSCCOC(=O)Cc1ccc2cc(OC)ccc2c1)CC(=O)OCC. The zero-order valence-corrected chi connectivity index (χ0v) is 25.5. The fourth-order valence-electron chi connectivity index (χ4n) is 4.07. The average molecular weight is 594 g/mol. The Labute approximate surface area is 246 Å². The van der Waals surface area contributed by atoms with Gasteiger partial charge in [0.05, 0.1) is 26.6 Å². The number of methoxy groups -OCH3 is 1. The second kappa shape index (κ2) is 20.3. The first-order chi connectivity index (χ1) is 19.4. The minimum Gasteiger partial charge on any atom is -0.497 e. The van der Waals surface area contributed by atoms with Crippen LogP contribution in [0.3, 0.4) is 0 Å². The molecular formula is C30H43NO7S2. The van der Waals surface area contributed by atoms with Crippen molar-refractivity contribution < 1.29 is 33.3 Å². The van der Waals surface area contributed by atoms with E-state index in [1.54, 1.807) is 35.6 Å². The summed E-state index contributed by atoms with van der Waals surface area (Å²) in [7, 11) is 4.76. The molecule has 0 saturated heterocycles. The summed E-state index contributed by atoms with van der Waals surface area (Å²) < 4.78 is 20.9. The minimum atomic E-state index is -0.477. The number of alkyl carbamates (subject to hydrolysis) is 1. The lowest BCUT2D eigenvalue weighted by atomic mass is 9.97. The Hall–Kier alpha value is -2.59. The van der Waals surface area contributed by atoms with Gasteiger partial charge in [-0.25, -0.2) is 4.79 Å². The Bertz CT molecular complexity index is 1050. The number of unbranched alkanes of at least 4 members (excludes halogenated alkanes) is 3. The predicted molar refractivity (Wildman–Crippen MR) is 163 cm³/mol. The van der Waals surface area contributed by atoms with Gasteiger partial charge in [-0.1, -0.05) is 78.5 Å². The van der Waals surface area contributed by atoms with Crippen LogP contribution in [0.5, 0.6) is 5.75 Å². The Balaban J connectivity index is 1.54. The molecule has 10 heteroatoms. The van der Waals surface area contributed by atoms with Gasteiger partial charge in [0, 0.05) is 18.1 Å². The number of rotatable bonds is 20. The summed E-state index contributed by atoms with van der Waals surface area (Å²) in [6, 6.07) is 11.7. The maximum atomic E-state index is 12.2. The van der Waals surface area contributed by atoms with Gasteiger partial charge in [-0.3, -0.25) is 9.59 Å². The lowest BCUT2D eigenvalue weighted by molar-refractivity contribution is -0.144. The Morgan fingerprint density at radius 3 is 2.30 bits per heavy atom. The lowest BCUT2D eigenvalue weighted by Crippen LogP contribution is -2.31. The summed E-state index contributed by atoms with van der Waals surface area (Å²) in [6.45, 7) is 5.30. The molecule has 1 atom stereocenters. The van der Waals surface area contributed by atoms with Crippen LogP contribution in [-0.4, -0.2) is 63.0 Å². The van der Waals surface area contributed by atoms with E-state index in [2.05, 4.69) is 12.2 Å². The number of fused-ring (bicyclic) bond motifs is 1. The van der Waals surface area contributed by atoms with Gasteiger partial charge >= 0.3 is 18.0 Å². The van der Waals surface area contributed by atoms with Gasteiger partial charge in [-0.15, -0.1) is 0 Å². The summed E-state index contributed by atoms with van der Waals surface area (Å²) in [4.78, 5) is 36.2. The second-order valence-corrected chi connectivity index (χ2v) is 12.0. The molecule has 0 heterocycles. The molecule has 0 aliphatic carbocycles. The van der Waals surface area contributed by atoms with E-state index < -0.39 is 6.09 Å². The monoisotopic (exact) mass is 593 g/mol. The summed E-state index contributed by atoms with van der Waals surface area (Å²) in [5.41, 5.74) is 0.906. The molecule has 0 spiro atoms. The van der Waals surface area contributed by atoms with E-state index in [9.17, 15) is 14.4 Å². The fourth-order valence-corrected chi connectivity index (χ4v) is 5.73. The van der Waals surface area contributed by atoms with Crippen molar-refractivity contribution in [1.82, 2.24) is 5.32 Å². The standard InChI is InChI=1S/C30H43NO7S2/c1-4-6-7-8-9-24(20-28(32)36-5-2)22-31-30(34)38-15-17-40-39-16-14-37-29(33)19-23-10-11-26-21-27(35-3)13-12-25(26)18-23/h10-13,18,21,24H,4-9,14-17,19-20,22H2,1-3H3,(H,31,34). The lowest BCUT2D eigenvalue weighted by Gasteiger charge is -2.17. The number of hydrogen-bond acceptors (Lipinski definition) is 9. The van der Waals surface area contributed by atoms with Crippen molar-refractivity contribution in [3.8, 4) is 5.75 Å². The van der Waals surface area contributed by atoms with Gasteiger partial charge in [0.1, 0.15) is 19.0 Å². The number of hydrogen-bond donors (Lipinski definition) is 1. The molecular weight excluding hydrogens is 550 g/mol. The molecule has 0 bridgehead atoms. The van der Waals surface area contributed by atoms with Crippen LogP contribution in [0, 0.1) is 5.92 Å². The smallest absolute Gasteiger partial charge is 0.407 e. The van der Waals surface area contributed by atoms with Gasteiger partial charge < -0.3 is 24.3 Å². The highest BCUT2D eigenvalue weighted by Crippen LogP contribution is 2.23. The third kappa shape index (κ3) is 14.2. The van der Waals surface area contributed by atoms with Gasteiger partial charge in [0.2, 0.25) is 0 Å². The number of amides is 1. The molecule has 0 aromatic heterocycles. The summed E-state index contributed by atoms with van der Waals surface area (Å²) in [6.07, 6.45) is 5.38. The first-order valence-corrected chi connectivity index (χ1v) is 16.5. The van der Waals surface area contributed by atoms with Crippen LogP contribution in [0.15, 0.2) is 36.4 Å². The zero-order valence-electron chi connectivity index (χ0n) is 23.9. The summed E-state index contributed by atoms with van der Waals surface area (Å²) in [5.74, 6) is 1.62. The minimum absolute atomic E-state index is 0.0430. The highest BCUT2D eigenvalue weighted by atomic mass is 33.1. The van der Waals surface area contributed by atoms with Crippen LogP contribution < -0.4 is 10.1 Å². The van der Waals surface area contributed by atoms with E-state index in [0.29, 0.717) is 37.7 Å².